The van der Waals surface area contributed by atoms with Crippen LogP contribution in [0.2, 0.25) is 0 Å². The molecule has 1 fully saturated rings. The van der Waals surface area contributed by atoms with Gasteiger partial charge in [-0.2, -0.15) is 0 Å². The monoisotopic (exact) mass is 397 g/mol. The Hall–Kier alpha value is -1.44. The molecule has 1 heterocycles. The quantitative estimate of drug-likeness (QED) is 0.769. The van der Waals surface area contributed by atoms with Crippen LogP contribution in [0.5, 0.6) is 0 Å². The second kappa shape index (κ2) is 8.60. The van der Waals surface area contributed by atoms with Gasteiger partial charge in [0.2, 0.25) is 5.91 Å². The summed E-state index contributed by atoms with van der Waals surface area (Å²) in [5.74, 6) is -0.818. The molecule has 0 saturated carbocycles. The molecule has 7 heteroatoms. The predicted molar refractivity (Wildman–Crippen MR) is 97.2 cm³/mol. The second-order valence-electron chi connectivity index (χ2n) is 6.32. The van der Waals surface area contributed by atoms with E-state index >= 15 is 0 Å². The minimum absolute atomic E-state index is 0.0160. The average molecular weight is 398 g/mol. The molecule has 0 radical (unpaired) electrons. The smallest absolute Gasteiger partial charge is 0.317 e. The Bertz CT molecular complexity index is 601. The Morgan fingerprint density at radius 3 is 2.62 bits per heavy atom. The molecule has 6 nitrogen and oxygen atoms in total. The van der Waals surface area contributed by atoms with Crippen molar-refractivity contribution in [1.29, 1.82) is 0 Å². The van der Waals surface area contributed by atoms with E-state index in [2.05, 4.69) is 26.1 Å². The molecule has 1 saturated heterocycles. The van der Waals surface area contributed by atoms with Gasteiger partial charge in [-0.3, -0.25) is 19.4 Å². The molecule has 2 rings (SSSR count). The van der Waals surface area contributed by atoms with Crippen LogP contribution in [0, 0.1) is 6.92 Å². The van der Waals surface area contributed by atoms with E-state index in [0.29, 0.717) is 6.54 Å². The molecule has 1 aliphatic rings. The topological polar surface area (TPSA) is 72.9 Å². The van der Waals surface area contributed by atoms with Gasteiger partial charge < -0.3 is 10.4 Å². The van der Waals surface area contributed by atoms with Crippen LogP contribution in [-0.4, -0.2) is 66.1 Å². The maximum Gasteiger partial charge on any atom is 0.317 e. The molecular weight excluding hydrogens is 374 g/mol. The van der Waals surface area contributed by atoms with Crippen molar-refractivity contribution in [1.82, 2.24) is 9.80 Å². The molecule has 1 amide bonds. The van der Waals surface area contributed by atoms with Gasteiger partial charge in [0, 0.05) is 29.3 Å². The molecule has 1 aliphatic heterocycles. The van der Waals surface area contributed by atoms with Crippen molar-refractivity contribution in [3.05, 3.63) is 28.2 Å². The fourth-order valence-corrected chi connectivity index (χ4v) is 3.50. The highest BCUT2D eigenvalue weighted by atomic mass is 79.9. The molecule has 0 aliphatic carbocycles. The number of aryl methyl sites for hydroxylation is 1. The van der Waals surface area contributed by atoms with Gasteiger partial charge in [0.1, 0.15) is 0 Å². The lowest BCUT2D eigenvalue weighted by atomic mass is 10.0. The molecule has 0 spiro atoms. The number of carbonyl (C=O) groups excluding carboxylic acids is 1. The Labute approximate surface area is 150 Å². The number of hydrogen-bond acceptors (Lipinski definition) is 4. The van der Waals surface area contributed by atoms with Gasteiger partial charge in [-0.05, 0) is 50.6 Å². The van der Waals surface area contributed by atoms with E-state index in [0.717, 1.165) is 41.7 Å². The van der Waals surface area contributed by atoms with E-state index in [1.807, 2.05) is 37.1 Å². The van der Waals surface area contributed by atoms with Gasteiger partial charge in [-0.25, -0.2) is 0 Å². The lowest BCUT2D eigenvalue weighted by Crippen LogP contribution is -2.46. The first-order valence-corrected chi connectivity index (χ1v) is 8.85. The number of aliphatic carboxylic acids is 1. The Kier molecular flexibility index (Phi) is 6.77. The number of carboxylic acids is 1. The van der Waals surface area contributed by atoms with Crippen molar-refractivity contribution < 1.29 is 14.7 Å². The molecule has 1 aromatic carbocycles. The number of piperidine rings is 1. The number of benzene rings is 1. The maximum atomic E-state index is 12.2. The number of likely N-dealkylation sites (tertiary alicyclic amines) is 1. The highest BCUT2D eigenvalue weighted by molar-refractivity contribution is 9.10. The lowest BCUT2D eigenvalue weighted by Gasteiger charge is -2.35. The highest BCUT2D eigenvalue weighted by Crippen LogP contribution is 2.20. The SMILES string of the molecule is Cc1cc(Br)ccc1NC(=O)CN1CCC(N(C)CC(=O)O)CC1. The van der Waals surface area contributed by atoms with E-state index in [1.54, 1.807) is 0 Å². The predicted octanol–water partition coefficient (Wildman–Crippen LogP) is 2.18. The first-order valence-electron chi connectivity index (χ1n) is 8.05. The first kappa shape index (κ1) is 18.9. The standard InChI is InChI=1S/C17H24BrN3O3/c1-12-9-13(18)3-4-15(12)19-16(22)10-21-7-5-14(6-8-21)20(2)11-17(23)24/h3-4,9,14H,5-8,10-11H2,1-2H3,(H,19,22)(H,23,24). The van der Waals surface area contributed by atoms with E-state index in [-0.39, 0.29) is 18.5 Å². The normalized spacial score (nSPS) is 16.3. The number of nitrogens with one attached hydrogen (secondary N) is 1. The van der Waals surface area contributed by atoms with Crippen LogP contribution in [0.1, 0.15) is 18.4 Å². The fourth-order valence-electron chi connectivity index (χ4n) is 3.02. The third kappa shape index (κ3) is 5.58. The summed E-state index contributed by atoms with van der Waals surface area (Å²) >= 11 is 3.41. The third-order valence-electron chi connectivity index (χ3n) is 4.39. The molecular formula is C17H24BrN3O3. The summed E-state index contributed by atoms with van der Waals surface area (Å²) in [7, 11) is 1.84. The molecule has 1 aromatic rings. The van der Waals surface area contributed by atoms with Gasteiger partial charge >= 0.3 is 5.97 Å². The minimum Gasteiger partial charge on any atom is -0.480 e. The number of nitrogens with zero attached hydrogens (tertiary/aromatic N) is 2. The number of halogens is 1. The summed E-state index contributed by atoms with van der Waals surface area (Å²) in [4.78, 5) is 27.0. The zero-order valence-electron chi connectivity index (χ0n) is 14.1. The first-order chi connectivity index (χ1) is 11.3. The second-order valence-corrected chi connectivity index (χ2v) is 7.24. The Balaban J connectivity index is 1.79. The number of carboxylic acid groups (broad SMARTS) is 1. The van der Waals surface area contributed by atoms with E-state index in [9.17, 15) is 9.59 Å². The summed E-state index contributed by atoms with van der Waals surface area (Å²) in [6.45, 7) is 4.01. The maximum absolute atomic E-state index is 12.2. The van der Waals surface area contributed by atoms with Crippen molar-refractivity contribution >= 4 is 33.5 Å². The number of likely N-dealkylation sites (N-methyl/N-ethyl adjacent to an activating group) is 1. The van der Waals surface area contributed by atoms with E-state index in [4.69, 9.17) is 5.11 Å². The van der Waals surface area contributed by atoms with Crippen LogP contribution in [0.3, 0.4) is 0 Å². The van der Waals surface area contributed by atoms with E-state index in [1.165, 1.54) is 0 Å². The van der Waals surface area contributed by atoms with Gasteiger partial charge in [-0.1, -0.05) is 15.9 Å². The molecule has 0 atom stereocenters. The van der Waals surface area contributed by atoms with Crippen molar-refractivity contribution in [2.45, 2.75) is 25.8 Å². The molecule has 2 N–H and O–H groups in total. The summed E-state index contributed by atoms with van der Waals surface area (Å²) in [5.41, 5.74) is 1.85. The zero-order chi connectivity index (χ0) is 17.7. The van der Waals surface area contributed by atoms with Gasteiger partial charge in [0.15, 0.2) is 0 Å². The highest BCUT2D eigenvalue weighted by Gasteiger charge is 2.24. The van der Waals surface area contributed by atoms with Gasteiger partial charge in [-0.15, -0.1) is 0 Å². The number of hydrogen-bond donors (Lipinski definition) is 2. The zero-order valence-corrected chi connectivity index (χ0v) is 15.7. The van der Waals surface area contributed by atoms with Crippen LogP contribution in [0.25, 0.3) is 0 Å². The third-order valence-corrected chi connectivity index (χ3v) is 4.89. The number of amides is 1. The van der Waals surface area contributed by atoms with Crippen molar-refractivity contribution in [2.24, 2.45) is 0 Å². The van der Waals surface area contributed by atoms with Crippen LogP contribution in [-0.2, 0) is 9.59 Å². The van der Waals surface area contributed by atoms with Crippen molar-refractivity contribution in [3.8, 4) is 0 Å². The van der Waals surface area contributed by atoms with Crippen LogP contribution in [0.15, 0.2) is 22.7 Å². The number of carbonyl (C=O) groups is 2. The van der Waals surface area contributed by atoms with Crippen LogP contribution < -0.4 is 5.32 Å². The van der Waals surface area contributed by atoms with Crippen LogP contribution >= 0.6 is 15.9 Å². The van der Waals surface area contributed by atoms with Gasteiger partial charge in [0.05, 0.1) is 13.1 Å². The average Bonchev–Trinajstić information content (AvgIpc) is 2.50. The van der Waals surface area contributed by atoms with Crippen LogP contribution in [0.4, 0.5) is 5.69 Å². The lowest BCUT2D eigenvalue weighted by molar-refractivity contribution is -0.138. The van der Waals surface area contributed by atoms with E-state index < -0.39 is 5.97 Å². The van der Waals surface area contributed by atoms with Gasteiger partial charge in [0.25, 0.3) is 0 Å². The fraction of sp³-hybridized carbons (Fsp3) is 0.529. The Morgan fingerprint density at radius 1 is 1.38 bits per heavy atom. The number of rotatable bonds is 6. The molecule has 132 valence electrons. The van der Waals surface area contributed by atoms with Crippen molar-refractivity contribution in [3.63, 3.8) is 0 Å². The van der Waals surface area contributed by atoms with Crippen molar-refractivity contribution in [2.75, 3.05) is 38.5 Å². The minimum atomic E-state index is -0.802. The molecule has 0 unspecified atom stereocenters. The summed E-state index contributed by atoms with van der Waals surface area (Å²) < 4.78 is 0.991. The number of anilines is 1. The largest absolute Gasteiger partial charge is 0.480 e. The molecule has 0 aromatic heterocycles. The summed E-state index contributed by atoms with van der Waals surface area (Å²) in [6.07, 6.45) is 1.77. The molecule has 0 bridgehead atoms. The Morgan fingerprint density at radius 2 is 2.04 bits per heavy atom. The molecule has 24 heavy (non-hydrogen) atoms. The summed E-state index contributed by atoms with van der Waals surface area (Å²) in [5, 5.41) is 11.8. The summed E-state index contributed by atoms with van der Waals surface area (Å²) in [6, 6.07) is 6.05.